The number of rotatable bonds is 2. The molecular formula is C14H21ClN2O3S. The maximum absolute atomic E-state index is 12.9. The molecular weight excluding hydrogens is 312 g/mol. The molecule has 21 heavy (non-hydrogen) atoms. The van der Waals surface area contributed by atoms with Crippen LogP contribution in [0.1, 0.15) is 27.7 Å². The highest BCUT2D eigenvalue weighted by Crippen LogP contribution is 2.34. The van der Waals surface area contributed by atoms with E-state index >= 15 is 0 Å². The lowest BCUT2D eigenvalue weighted by Gasteiger charge is -2.46. The Morgan fingerprint density at radius 2 is 1.71 bits per heavy atom. The fraction of sp³-hybridized carbons (Fsp3) is 0.571. The van der Waals surface area contributed by atoms with Crippen molar-refractivity contribution >= 4 is 27.3 Å². The Labute approximate surface area is 131 Å². The first-order chi connectivity index (χ1) is 9.43. The molecule has 2 rings (SSSR count). The van der Waals surface area contributed by atoms with Gasteiger partial charge < -0.3 is 10.5 Å². The average Bonchev–Trinajstić information content (AvgIpc) is 2.28. The quantitative estimate of drug-likeness (QED) is 0.844. The number of halogens is 1. The fourth-order valence-electron chi connectivity index (χ4n) is 2.74. The van der Waals surface area contributed by atoms with Crippen molar-refractivity contribution < 1.29 is 13.2 Å². The first kappa shape index (κ1) is 16.5. The number of hydrogen-bond acceptors (Lipinski definition) is 4. The van der Waals surface area contributed by atoms with Crippen LogP contribution >= 0.6 is 11.6 Å². The molecule has 0 amide bonds. The van der Waals surface area contributed by atoms with Crippen LogP contribution in [0.2, 0.25) is 5.02 Å². The molecule has 1 aromatic rings. The summed E-state index contributed by atoms with van der Waals surface area (Å²) in [7, 11) is -3.72. The molecule has 118 valence electrons. The highest BCUT2D eigenvalue weighted by molar-refractivity contribution is 7.89. The molecule has 0 bridgehead atoms. The predicted octanol–water partition coefficient (Wildman–Crippen LogP) is 2.50. The summed E-state index contributed by atoms with van der Waals surface area (Å²) in [5.74, 6) is 0. The van der Waals surface area contributed by atoms with Crippen molar-refractivity contribution in [3.05, 3.63) is 23.2 Å². The molecule has 2 N–H and O–H groups in total. The zero-order chi connectivity index (χ0) is 16.1. The Balaban J connectivity index is 2.46. The summed E-state index contributed by atoms with van der Waals surface area (Å²) in [5, 5.41) is 0.173. The number of nitrogen functional groups attached to an aromatic ring is 1. The highest BCUT2D eigenvalue weighted by Gasteiger charge is 2.43. The van der Waals surface area contributed by atoms with Gasteiger partial charge in [-0.15, -0.1) is 0 Å². The van der Waals surface area contributed by atoms with E-state index in [1.54, 1.807) is 6.07 Å². The summed E-state index contributed by atoms with van der Waals surface area (Å²) < 4.78 is 33.1. The molecule has 0 aromatic heterocycles. The van der Waals surface area contributed by atoms with Gasteiger partial charge in [0, 0.05) is 18.8 Å². The number of anilines is 1. The number of benzene rings is 1. The lowest BCUT2D eigenvalue weighted by Crippen LogP contribution is -2.58. The van der Waals surface area contributed by atoms with Gasteiger partial charge >= 0.3 is 0 Å². The van der Waals surface area contributed by atoms with Crippen LogP contribution in [0.15, 0.2) is 23.1 Å². The number of nitrogens with zero attached hydrogens (tertiary/aromatic N) is 1. The second-order valence-corrected chi connectivity index (χ2v) is 8.90. The van der Waals surface area contributed by atoms with Gasteiger partial charge in [-0.1, -0.05) is 11.6 Å². The third-order valence-corrected chi connectivity index (χ3v) is 5.51. The number of morpholine rings is 1. The van der Waals surface area contributed by atoms with Crippen molar-refractivity contribution in [3.63, 3.8) is 0 Å². The number of nitrogens with two attached hydrogens (primary N) is 1. The summed E-state index contributed by atoms with van der Waals surface area (Å²) in [6, 6.07) is 4.47. The normalized spacial score (nSPS) is 22.1. The molecule has 1 heterocycles. The molecule has 0 atom stereocenters. The molecule has 0 aliphatic carbocycles. The third kappa shape index (κ3) is 3.51. The lowest BCUT2D eigenvalue weighted by atomic mass is 10.0. The van der Waals surface area contributed by atoms with Gasteiger partial charge in [0.15, 0.2) is 0 Å². The molecule has 7 heteroatoms. The molecule has 1 aliphatic heterocycles. The van der Waals surface area contributed by atoms with E-state index in [4.69, 9.17) is 22.1 Å². The van der Waals surface area contributed by atoms with E-state index in [9.17, 15) is 8.42 Å². The van der Waals surface area contributed by atoms with Crippen LogP contribution < -0.4 is 5.73 Å². The predicted molar refractivity (Wildman–Crippen MR) is 83.9 cm³/mol. The van der Waals surface area contributed by atoms with Crippen LogP contribution in [0.25, 0.3) is 0 Å². The summed E-state index contributed by atoms with van der Waals surface area (Å²) in [6.07, 6.45) is 0. The Kier molecular flexibility index (Phi) is 4.04. The topological polar surface area (TPSA) is 72.6 Å². The fourth-order valence-corrected chi connectivity index (χ4v) is 4.99. The van der Waals surface area contributed by atoms with E-state index in [0.717, 1.165) is 0 Å². The largest absolute Gasteiger partial charge is 0.399 e. The second kappa shape index (κ2) is 5.12. The Hall–Kier alpha value is -0.820. The zero-order valence-corrected chi connectivity index (χ0v) is 14.3. The first-order valence-corrected chi connectivity index (χ1v) is 8.50. The van der Waals surface area contributed by atoms with Crippen molar-refractivity contribution in [2.45, 2.75) is 43.8 Å². The summed E-state index contributed by atoms with van der Waals surface area (Å²) in [5.41, 5.74) is 4.92. The molecule has 0 spiro atoms. The molecule has 0 saturated carbocycles. The Morgan fingerprint density at radius 1 is 1.19 bits per heavy atom. The van der Waals surface area contributed by atoms with Crippen molar-refractivity contribution in [1.29, 1.82) is 0 Å². The second-order valence-electron chi connectivity index (χ2n) is 6.58. The van der Waals surface area contributed by atoms with Crippen molar-refractivity contribution in [1.82, 2.24) is 4.31 Å². The van der Waals surface area contributed by atoms with E-state index in [1.165, 1.54) is 16.4 Å². The van der Waals surface area contributed by atoms with E-state index in [2.05, 4.69) is 0 Å². The molecule has 0 radical (unpaired) electrons. The highest BCUT2D eigenvalue weighted by atomic mass is 35.5. The molecule has 1 aromatic carbocycles. The smallest absolute Gasteiger partial charge is 0.244 e. The van der Waals surface area contributed by atoms with Crippen LogP contribution in [0.5, 0.6) is 0 Å². The average molecular weight is 333 g/mol. The van der Waals surface area contributed by atoms with Crippen LogP contribution in [0.3, 0.4) is 0 Å². The van der Waals surface area contributed by atoms with Gasteiger partial charge in [-0.2, -0.15) is 4.31 Å². The van der Waals surface area contributed by atoms with Crippen LogP contribution in [0.4, 0.5) is 5.69 Å². The van der Waals surface area contributed by atoms with Gasteiger partial charge in [0.05, 0.1) is 16.2 Å². The lowest BCUT2D eigenvalue weighted by molar-refractivity contribution is -0.163. The number of hydrogen-bond donors (Lipinski definition) is 1. The minimum atomic E-state index is -3.72. The van der Waals surface area contributed by atoms with Crippen LogP contribution in [-0.2, 0) is 14.8 Å². The monoisotopic (exact) mass is 332 g/mol. The minimum Gasteiger partial charge on any atom is -0.399 e. The zero-order valence-electron chi connectivity index (χ0n) is 12.7. The molecule has 1 fully saturated rings. The standard InChI is InChI=1S/C14H21ClN2O3S/c1-13(2)8-17(9-14(3,4)20-13)21(18,19)12-7-10(16)5-6-11(12)15/h5-7H,8-9,16H2,1-4H3. The molecule has 1 aliphatic rings. The van der Waals surface area contributed by atoms with Gasteiger partial charge in [-0.05, 0) is 45.9 Å². The van der Waals surface area contributed by atoms with E-state index in [-0.39, 0.29) is 23.0 Å². The summed E-state index contributed by atoms with van der Waals surface area (Å²) in [6.45, 7) is 8.03. The molecule has 5 nitrogen and oxygen atoms in total. The summed E-state index contributed by atoms with van der Waals surface area (Å²) in [4.78, 5) is 0.0395. The van der Waals surface area contributed by atoms with Gasteiger partial charge in [-0.25, -0.2) is 8.42 Å². The number of sulfonamides is 1. The van der Waals surface area contributed by atoms with E-state index < -0.39 is 21.2 Å². The Morgan fingerprint density at radius 3 is 2.24 bits per heavy atom. The van der Waals surface area contributed by atoms with Gasteiger partial charge in [-0.3, -0.25) is 0 Å². The van der Waals surface area contributed by atoms with Crippen LogP contribution in [0, 0.1) is 0 Å². The maximum Gasteiger partial charge on any atom is 0.244 e. The van der Waals surface area contributed by atoms with Crippen molar-refractivity contribution in [2.24, 2.45) is 0 Å². The molecule has 1 saturated heterocycles. The van der Waals surface area contributed by atoms with Gasteiger partial charge in [0.25, 0.3) is 0 Å². The van der Waals surface area contributed by atoms with Gasteiger partial charge in [0.2, 0.25) is 10.0 Å². The number of ether oxygens (including phenoxy) is 1. The van der Waals surface area contributed by atoms with Crippen LogP contribution in [-0.4, -0.2) is 37.0 Å². The maximum atomic E-state index is 12.9. The minimum absolute atomic E-state index is 0.0395. The third-order valence-electron chi connectivity index (χ3n) is 3.24. The SMILES string of the molecule is CC1(C)CN(S(=O)(=O)c2cc(N)ccc2Cl)CC(C)(C)O1. The van der Waals surface area contributed by atoms with E-state index in [1.807, 2.05) is 27.7 Å². The van der Waals surface area contributed by atoms with Crippen molar-refractivity contribution in [2.75, 3.05) is 18.8 Å². The molecule has 0 unspecified atom stereocenters. The summed E-state index contributed by atoms with van der Waals surface area (Å²) >= 11 is 6.05. The van der Waals surface area contributed by atoms with Gasteiger partial charge in [0.1, 0.15) is 4.90 Å². The van der Waals surface area contributed by atoms with Crippen molar-refractivity contribution in [3.8, 4) is 0 Å². The first-order valence-electron chi connectivity index (χ1n) is 6.68. The van der Waals surface area contributed by atoms with E-state index in [0.29, 0.717) is 5.69 Å². The Bertz CT molecular complexity index is 640.